The molecule has 1 aromatic heterocycles. The Balaban J connectivity index is 1.61. The Morgan fingerprint density at radius 3 is 2.67 bits per heavy atom. The van der Waals surface area contributed by atoms with Crippen LogP contribution >= 0.6 is 11.3 Å². The van der Waals surface area contributed by atoms with Crippen LogP contribution in [0.25, 0.3) is 10.2 Å². The monoisotopic (exact) mass is 260 g/mol. The highest BCUT2D eigenvalue weighted by atomic mass is 32.1. The molecule has 1 heterocycles. The van der Waals surface area contributed by atoms with Gasteiger partial charge in [-0.2, -0.15) is 0 Å². The summed E-state index contributed by atoms with van der Waals surface area (Å²) in [4.78, 5) is 4.68. The summed E-state index contributed by atoms with van der Waals surface area (Å²) in [6.45, 7) is 0.935. The Kier molecular flexibility index (Phi) is 3.91. The number of nitrogens with zero attached hydrogens (tertiary/aromatic N) is 1. The Labute approximate surface area is 112 Å². The van der Waals surface area contributed by atoms with Gasteiger partial charge in [0.15, 0.2) is 0 Å². The fourth-order valence-corrected chi connectivity index (χ4v) is 3.63. The molecule has 1 fully saturated rings. The van der Waals surface area contributed by atoms with Crippen molar-refractivity contribution < 1.29 is 0 Å². The van der Waals surface area contributed by atoms with Crippen molar-refractivity contribution in [2.75, 3.05) is 0 Å². The van der Waals surface area contributed by atoms with Crippen LogP contribution in [-0.2, 0) is 6.54 Å². The molecule has 2 nitrogen and oxygen atoms in total. The molecule has 2 aromatic rings. The predicted octanol–water partition coefficient (Wildman–Crippen LogP) is 4.11. The lowest BCUT2D eigenvalue weighted by atomic mass is 10.1. The second kappa shape index (κ2) is 5.81. The van der Waals surface area contributed by atoms with E-state index < -0.39 is 0 Å². The van der Waals surface area contributed by atoms with Crippen molar-refractivity contribution in [3.05, 3.63) is 29.3 Å². The van der Waals surface area contributed by atoms with Crippen molar-refractivity contribution in [1.29, 1.82) is 0 Å². The number of rotatable bonds is 3. The van der Waals surface area contributed by atoms with Gasteiger partial charge in [0.25, 0.3) is 0 Å². The van der Waals surface area contributed by atoms with Gasteiger partial charge < -0.3 is 5.32 Å². The number of thiazole rings is 1. The topological polar surface area (TPSA) is 24.9 Å². The molecule has 0 aliphatic heterocycles. The number of benzene rings is 1. The van der Waals surface area contributed by atoms with Crippen LogP contribution in [0.15, 0.2) is 24.3 Å². The summed E-state index contributed by atoms with van der Waals surface area (Å²) in [5, 5.41) is 4.91. The van der Waals surface area contributed by atoms with E-state index in [1.165, 1.54) is 48.2 Å². The zero-order valence-corrected chi connectivity index (χ0v) is 11.5. The number of nitrogens with one attached hydrogen (secondary N) is 1. The maximum absolute atomic E-state index is 4.68. The zero-order valence-electron chi connectivity index (χ0n) is 10.7. The number of hydrogen-bond donors (Lipinski definition) is 1. The highest BCUT2D eigenvalue weighted by molar-refractivity contribution is 7.18. The van der Waals surface area contributed by atoms with E-state index in [0.29, 0.717) is 6.04 Å². The van der Waals surface area contributed by atoms with Gasteiger partial charge in [0.2, 0.25) is 0 Å². The smallest absolute Gasteiger partial charge is 0.108 e. The molecule has 96 valence electrons. The Morgan fingerprint density at radius 1 is 1.11 bits per heavy atom. The van der Waals surface area contributed by atoms with Crippen molar-refractivity contribution in [3.8, 4) is 0 Å². The van der Waals surface area contributed by atoms with Gasteiger partial charge in [-0.25, -0.2) is 4.98 Å². The molecular formula is C15H20N2S. The molecule has 1 saturated carbocycles. The molecule has 1 N–H and O–H groups in total. The summed E-state index contributed by atoms with van der Waals surface area (Å²) >= 11 is 1.82. The summed E-state index contributed by atoms with van der Waals surface area (Å²) in [6, 6.07) is 9.11. The number of fused-ring (bicyclic) bond motifs is 1. The average molecular weight is 260 g/mol. The van der Waals surface area contributed by atoms with Gasteiger partial charge in [0.05, 0.1) is 10.2 Å². The van der Waals surface area contributed by atoms with E-state index in [1.54, 1.807) is 0 Å². The zero-order chi connectivity index (χ0) is 12.2. The lowest BCUT2D eigenvalue weighted by molar-refractivity contribution is 0.459. The SMILES string of the molecule is c1ccc2sc(CNC3CCCCCC3)nc2c1. The molecule has 1 aliphatic carbocycles. The molecule has 0 radical (unpaired) electrons. The first-order valence-corrected chi connectivity index (χ1v) is 7.81. The molecule has 0 saturated heterocycles. The van der Waals surface area contributed by atoms with Crippen molar-refractivity contribution in [2.24, 2.45) is 0 Å². The van der Waals surface area contributed by atoms with Crippen molar-refractivity contribution >= 4 is 21.6 Å². The molecule has 18 heavy (non-hydrogen) atoms. The molecule has 0 spiro atoms. The summed E-state index contributed by atoms with van der Waals surface area (Å²) < 4.78 is 1.30. The van der Waals surface area contributed by atoms with E-state index in [4.69, 9.17) is 0 Å². The average Bonchev–Trinajstić information content (AvgIpc) is 2.63. The molecule has 0 bridgehead atoms. The van der Waals surface area contributed by atoms with Gasteiger partial charge in [-0.3, -0.25) is 0 Å². The summed E-state index contributed by atoms with van der Waals surface area (Å²) in [5.41, 5.74) is 1.14. The van der Waals surface area contributed by atoms with Gasteiger partial charge in [-0.05, 0) is 25.0 Å². The van der Waals surface area contributed by atoms with Crippen LogP contribution in [0.4, 0.5) is 0 Å². The lowest BCUT2D eigenvalue weighted by Crippen LogP contribution is -2.27. The fourth-order valence-electron chi connectivity index (χ4n) is 2.71. The van der Waals surface area contributed by atoms with Crippen LogP contribution in [0.5, 0.6) is 0 Å². The van der Waals surface area contributed by atoms with E-state index >= 15 is 0 Å². The quantitative estimate of drug-likeness (QED) is 0.840. The molecule has 3 heteroatoms. The summed E-state index contributed by atoms with van der Waals surface area (Å²) in [7, 11) is 0. The fraction of sp³-hybridized carbons (Fsp3) is 0.533. The third kappa shape index (κ3) is 2.90. The molecule has 1 aromatic carbocycles. The first-order chi connectivity index (χ1) is 8.92. The van der Waals surface area contributed by atoms with Crippen molar-refractivity contribution in [1.82, 2.24) is 10.3 Å². The predicted molar refractivity (Wildman–Crippen MR) is 77.9 cm³/mol. The second-order valence-corrected chi connectivity index (χ2v) is 6.26. The number of aromatic nitrogens is 1. The minimum absolute atomic E-state index is 0.708. The first kappa shape index (κ1) is 12.1. The third-order valence-electron chi connectivity index (χ3n) is 3.74. The molecule has 0 unspecified atom stereocenters. The minimum atomic E-state index is 0.708. The van der Waals surface area contributed by atoms with Crippen molar-refractivity contribution in [2.45, 2.75) is 51.1 Å². The van der Waals surface area contributed by atoms with E-state index in [0.717, 1.165) is 12.1 Å². The standard InChI is InChI=1S/C15H20N2S/c1-2-4-8-12(7-3-1)16-11-15-17-13-9-5-6-10-14(13)18-15/h5-6,9-10,12,16H,1-4,7-8,11H2. The second-order valence-electron chi connectivity index (χ2n) is 5.14. The highest BCUT2D eigenvalue weighted by Gasteiger charge is 2.12. The van der Waals surface area contributed by atoms with Crippen LogP contribution in [0, 0.1) is 0 Å². The van der Waals surface area contributed by atoms with Gasteiger partial charge in [-0.15, -0.1) is 11.3 Å². The van der Waals surface area contributed by atoms with Gasteiger partial charge >= 0.3 is 0 Å². The molecular weight excluding hydrogens is 240 g/mol. The summed E-state index contributed by atoms with van der Waals surface area (Å²) in [6.07, 6.45) is 8.28. The first-order valence-electron chi connectivity index (χ1n) is 7.00. The van der Waals surface area contributed by atoms with Crippen LogP contribution in [-0.4, -0.2) is 11.0 Å². The maximum Gasteiger partial charge on any atom is 0.108 e. The van der Waals surface area contributed by atoms with E-state index in [2.05, 4.69) is 34.6 Å². The Morgan fingerprint density at radius 2 is 1.89 bits per heavy atom. The maximum atomic E-state index is 4.68. The van der Waals surface area contributed by atoms with Crippen LogP contribution in [0.1, 0.15) is 43.5 Å². The van der Waals surface area contributed by atoms with Gasteiger partial charge in [0, 0.05) is 12.6 Å². The Bertz CT molecular complexity index is 465. The highest BCUT2D eigenvalue weighted by Crippen LogP contribution is 2.22. The van der Waals surface area contributed by atoms with E-state index in [9.17, 15) is 0 Å². The normalized spacial score (nSPS) is 18.0. The molecule has 0 atom stereocenters. The van der Waals surface area contributed by atoms with Gasteiger partial charge in [-0.1, -0.05) is 37.8 Å². The van der Waals surface area contributed by atoms with Crippen LogP contribution in [0.3, 0.4) is 0 Å². The number of para-hydroxylation sites is 1. The molecule has 0 amide bonds. The summed E-state index contributed by atoms with van der Waals surface area (Å²) in [5.74, 6) is 0. The molecule has 1 aliphatic rings. The number of hydrogen-bond acceptors (Lipinski definition) is 3. The Hall–Kier alpha value is -0.930. The van der Waals surface area contributed by atoms with Gasteiger partial charge in [0.1, 0.15) is 5.01 Å². The van der Waals surface area contributed by atoms with E-state index in [-0.39, 0.29) is 0 Å². The van der Waals surface area contributed by atoms with E-state index in [1.807, 2.05) is 11.3 Å². The molecule has 3 rings (SSSR count). The third-order valence-corrected chi connectivity index (χ3v) is 4.77. The van der Waals surface area contributed by atoms with Crippen LogP contribution in [0.2, 0.25) is 0 Å². The largest absolute Gasteiger partial charge is 0.308 e. The van der Waals surface area contributed by atoms with Crippen LogP contribution < -0.4 is 5.32 Å². The lowest BCUT2D eigenvalue weighted by Gasteiger charge is -2.14. The minimum Gasteiger partial charge on any atom is -0.308 e. The van der Waals surface area contributed by atoms with Crippen molar-refractivity contribution in [3.63, 3.8) is 0 Å².